The molecule has 106 valence electrons. The van der Waals surface area contributed by atoms with Crippen molar-refractivity contribution in [2.24, 2.45) is 5.92 Å². The second-order valence-corrected chi connectivity index (χ2v) is 5.96. The molecule has 1 aromatic carbocycles. The third kappa shape index (κ3) is 5.78. The molecule has 1 saturated carbocycles. The van der Waals surface area contributed by atoms with Crippen LogP contribution in [0.4, 0.5) is 8.78 Å². The van der Waals surface area contributed by atoms with Gasteiger partial charge in [0, 0.05) is 12.5 Å². The lowest BCUT2D eigenvalue weighted by atomic mass is 10.0. The molecule has 1 aromatic rings. The Labute approximate surface area is 116 Å². The maximum absolute atomic E-state index is 13.0. The summed E-state index contributed by atoms with van der Waals surface area (Å²) in [6, 6.07) is 6.26. The van der Waals surface area contributed by atoms with Gasteiger partial charge in [-0.05, 0) is 18.4 Å². The van der Waals surface area contributed by atoms with Gasteiger partial charge >= 0.3 is 0 Å². The molecule has 19 heavy (non-hydrogen) atoms. The molecule has 1 nitrogen and oxygen atoms in total. The van der Waals surface area contributed by atoms with Gasteiger partial charge in [0.1, 0.15) is 0 Å². The molecule has 0 spiro atoms. The molecule has 0 amide bonds. The summed E-state index contributed by atoms with van der Waals surface area (Å²) in [5.74, 6) is -1.76. The van der Waals surface area contributed by atoms with Crippen LogP contribution in [0.3, 0.4) is 0 Å². The quantitative estimate of drug-likeness (QED) is 0.572. The van der Waals surface area contributed by atoms with E-state index in [-0.39, 0.29) is 5.78 Å². The summed E-state index contributed by atoms with van der Waals surface area (Å²) in [6.07, 6.45) is 2.97. The van der Waals surface area contributed by atoms with Gasteiger partial charge in [0.25, 0.3) is 5.92 Å². The Hall–Kier alpha value is -0.820. The summed E-state index contributed by atoms with van der Waals surface area (Å²) in [7, 11) is 2.12. The number of carbonyl (C=O) groups is 1. The van der Waals surface area contributed by atoms with Crippen molar-refractivity contribution >= 4 is 15.0 Å². The van der Waals surface area contributed by atoms with Crippen LogP contribution in [0.25, 0.3) is 0 Å². The highest BCUT2D eigenvalue weighted by molar-refractivity contribution is 7.17. The number of hydrogen-bond acceptors (Lipinski definition) is 1. The number of carbonyl (C=O) groups excluding carboxylic acids is 1. The van der Waals surface area contributed by atoms with E-state index in [0.717, 1.165) is 12.8 Å². The molecule has 0 saturated heterocycles. The summed E-state index contributed by atoms with van der Waals surface area (Å²) >= 11 is 0. The predicted octanol–water partition coefficient (Wildman–Crippen LogP) is 4.88. The van der Waals surface area contributed by atoms with E-state index in [1.807, 2.05) is 0 Å². The van der Waals surface area contributed by atoms with Crippen LogP contribution in [-0.4, -0.2) is 11.7 Å². The largest absolute Gasteiger partial charge is 0.295 e. The Morgan fingerprint density at radius 1 is 1.32 bits per heavy atom. The molecule has 2 rings (SSSR count). The highest BCUT2D eigenvalue weighted by Crippen LogP contribution is 2.38. The van der Waals surface area contributed by atoms with Crippen LogP contribution in [0.1, 0.15) is 55.2 Å². The SMILES string of the molecule is CC(=O)c1ccc(C(P)C(C)(F)F)cc1.CC1CC1. The Morgan fingerprint density at radius 3 is 2.00 bits per heavy atom. The van der Waals surface area contributed by atoms with Gasteiger partial charge in [-0.1, -0.05) is 44.0 Å². The van der Waals surface area contributed by atoms with Crippen LogP contribution in [0.2, 0.25) is 0 Å². The Morgan fingerprint density at radius 2 is 1.74 bits per heavy atom. The minimum absolute atomic E-state index is 0.0647. The van der Waals surface area contributed by atoms with E-state index in [9.17, 15) is 13.6 Å². The van der Waals surface area contributed by atoms with Gasteiger partial charge < -0.3 is 0 Å². The first kappa shape index (κ1) is 16.2. The standard InChI is InChI=1S/C11H13F2OP.C4H8/c1-7(14)8-3-5-9(6-4-8)10(15)11(2,12)13;1-4-2-3-4/h3-6,10H,15H2,1-2H3;4H,2-3H2,1H3. The zero-order valence-corrected chi connectivity index (χ0v) is 12.8. The Balaban J connectivity index is 0.000000382. The second-order valence-electron chi connectivity index (χ2n) is 5.29. The smallest absolute Gasteiger partial charge is 0.255 e. The van der Waals surface area contributed by atoms with Crippen molar-refractivity contribution < 1.29 is 13.6 Å². The van der Waals surface area contributed by atoms with Crippen LogP contribution in [0.5, 0.6) is 0 Å². The van der Waals surface area contributed by atoms with Gasteiger partial charge in [-0.2, -0.15) is 0 Å². The number of Topliss-reactive ketones (excluding diaryl/α,β-unsaturated/α-hetero) is 1. The topological polar surface area (TPSA) is 17.1 Å². The first-order valence-corrected chi connectivity index (χ1v) is 7.12. The monoisotopic (exact) mass is 286 g/mol. The molecule has 0 radical (unpaired) electrons. The predicted molar refractivity (Wildman–Crippen MR) is 77.9 cm³/mol. The van der Waals surface area contributed by atoms with Gasteiger partial charge in [0.2, 0.25) is 0 Å². The van der Waals surface area contributed by atoms with E-state index in [0.29, 0.717) is 11.1 Å². The highest BCUT2D eigenvalue weighted by Gasteiger charge is 2.31. The molecule has 0 heterocycles. The average molecular weight is 286 g/mol. The summed E-state index contributed by atoms with van der Waals surface area (Å²) in [5, 5.41) is 0. The minimum atomic E-state index is -2.78. The molecule has 1 aliphatic rings. The van der Waals surface area contributed by atoms with E-state index >= 15 is 0 Å². The Kier molecular flexibility index (Phi) is 5.61. The molecule has 0 aromatic heterocycles. The van der Waals surface area contributed by atoms with E-state index in [2.05, 4.69) is 16.2 Å². The molecule has 0 bridgehead atoms. The fourth-order valence-electron chi connectivity index (χ4n) is 1.38. The number of ketones is 1. The fraction of sp³-hybridized carbons (Fsp3) is 0.533. The lowest BCUT2D eigenvalue weighted by Gasteiger charge is -2.19. The maximum atomic E-state index is 13.0. The third-order valence-corrected chi connectivity index (χ3v) is 4.06. The summed E-state index contributed by atoms with van der Waals surface area (Å²) in [4.78, 5) is 11.0. The molecule has 2 atom stereocenters. The third-order valence-electron chi connectivity index (χ3n) is 3.09. The maximum Gasteiger partial charge on any atom is 0.255 e. The van der Waals surface area contributed by atoms with Crippen LogP contribution >= 0.6 is 9.24 Å². The normalized spacial score (nSPS) is 16.3. The molecular weight excluding hydrogens is 265 g/mol. The van der Waals surface area contributed by atoms with Crippen molar-refractivity contribution in [2.45, 2.75) is 45.2 Å². The molecule has 2 unspecified atom stereocenters. The molecular formula is C15H21F2OP. The van der Waals surface area contributed by atoms with Crippen LogP contribution in [-0.2, 0) is 0 Å². The number of alkyl halides is 2. The number of hydrogen-bond donors (Lipinski definition) is 0. The van der Waals surface area contributed by atoms with E-state index < -0.39 is 11.6 Å². The number of rotatable bonds is 3. The van der Waals surface area contributed by atoms with Crippen LogP contribution < -0.4 is 0 Å². The zero-order valence-electron chi connectivity index (χ0n) is 11.6. The molecule has 1 fully saturated rings. The van der Waals surface area contributed by atoms with Crippen molar-refractivity contribution in [3.63, 3.8) is 0 Å². The highest BCUT2D eigenvalue weighted by atomic mass is 31.0. The van der Waals surface area contributed by atoms with Crippen molar-refractivity contribution in [1.82, 2.24) is 0 Å². The molecule has 4 heteroatoms. The first-order chi connectivity index (χ1) is 8.71. The fourth-order valence-corrected chi connectivity index (χ4v) is 1.61. The lowest BCUT2D eigenvalue weighted by Crippen LogP contribution is -2.16. The van der Waals surface area contributed by atoms with Gasteiger partial charge in [-0.3, -0.25) is 4.79 Å². The van der Waals surface area contributed by atoms with Gasteiger partial charge in [-0.15, -0.1) is 9.24 Å². The average Bonchev–Trinajstić information content (AvgIpc) is 3.10. The minimum Gasteiger partial charge on any atom is -0.295 e. The molecule has 0 aliphatic heterocycles. The lowest BCUT2D eigenvalue weighted by molar-refractivity contribution is 0.0189. The molecule has 1 aliphatic carbocycles. The van der Waals surface area contributed by atoms with Gasteiger partial charge in [0.05, 0.1) is 5.66 Å². The van der Waals surface area contributed by atoms with E-state index in [1.165, 1.54) is 19.8 Å². The summed E-state index contributed by atoms with van der Waals surface area (Å²) in [6.45, 7) is 4.60. The van der Waals surface area contributed by atoms with E-state index in [4.69, 9.17) is 0 Å². The zero-order chi connectivity index (χ0) is 14.6. The van der Waals surface area contributed by atoms with Crippen molar-refractivity contribution in [3.05, 3.63) is 35.4 Å². The molecule has 0 N–H and O–H groups in total. The Bertz CT molecular complexity index is 419. The van der Waals surface area contributed by atoms with Crippen LogP contribution in [0.15, 0.2) is 24.3 Å². The van der Waals surface area contributed by atoms with Crippen molar-refractivity contribution in [1.29, 1.82) is 0 Å². The van der Waals surface area contributed by atoms with Gasteiger partial charge in [0.15, 0.2) is 5.78 Å². The van der Waals surface area contributed by atoms with Crippen molar-refractivity contribution in [2.75, 3.05) is 0 Å². The van der Waals surface area contributed by atoms with Crippen molar-refractivity contribution in [3.8, 4) is 0 Å². The summed E-state index contributed by atoms with van der Waals surface area (Å²) < 4.78 is 25.9. The first-order valence-electron chi connectivity index (χ1n) is 6.46. The number of benzene rings is 1. The number of halogens is 2. The van der Waals surface area contributed by atoms with Crippen LogP contribution in [0, 0.1) is 5.92 Å². The van der Waals surface area contributed by atoms with Gasteiger partial charge in [-0.25, -0.2) is 8.78 Å². The van der Waals surface area contributed by atoms with E-state index in [1.54, 1.807) is 24.3 Å². The summed E-state index contributed by atoms with van der Waals surface area (Å²) in [5.41, 5.74) is 0.131. The second kappa shape index (κ2) is 6.56.